The number of aliphatic hydroxyl groups excluding tert-OH is 1. The number of carbonyl (C=O) groups excluding carboxylic acids is 1. The molecule has 2 rings (SSSR count). The molecular formula is C13H24N2O3. The number of nitrogens with one attached hydrogen (secondary N) is 2. The number of ether oxygens (including phenoxy) is 1. The van der Waals surface area contributed by atoms with Crippen LogP contribution in [0.3, 0.4) is 0 Å². The van der Waals surface area contributed by atoms with Crippen LogP contribution in [0.15, 0.2) is 0 Å². The lowest BCUT2D eigenvalue weighted by molar-refractivity contribution is -0.119. The van der Waals surface area contributed by atoms with Gasteiger partial charge < -0.3 is 20.5 Å². The molecule has 18 heavy (non-hydrogen) atoms. The number of aliphatic hydroxyl groups is 1. The normalized spacial score (nSPS) is 33.6. The average molecular weight is 256 g/mol. The van der Waals surface area contributed by atoms with Crippen LogP contribution in [-0.4, -0.2) is 48.5 Å². The number of amides is 1. The molecule has 3 atom stereocenters. The molecule has 0 aromatic rings. The molecular weight excluding hydrogens is 232 g/mol. The lowest BCUT2D eigenvalue weighted by Crippen LogP contribution is -2.48. The molecule has 0 aromatic carbocycles. The van der Waals surface area contributed by atoms with Crippen LogP contribution in [0.2, 0.25) is 0 Å². The second-order valence-corrected chi connectivity index (χ2v) is 5.41. The van der Waals surface area contributed by atoms with Gasteiger partial charge in [-0.25, -0.2) is 0 Å². The van der Waals surface area contributed by atoms with E-state index in [-0.39, 0.29) is 18.1 Å². The molecule has 1 aliphatic heterocycles. The van der Waals surface area contributed by atoms with Gasteiger partial charge >= 0.3 is 0 Å². The summed E-state index contributed by atoms with van der Waals surface area (Å²) in [7, 11) is 0. The van der Waals surface area contributed by atoms with Gasteiger partial charge in [0.25, 0.3) is 0 Å². The second kappa shape index (κ2) is 6.50. The minimum absolute atomic E-state index is 0.00635. The zero-order valence-corrected chi connectivity index (χ0v) is 11.0. The van der Waals surface area contributed by atoms with Crippen LogP contribution < -0.4 is 10.6 Å². The van der Waals surface area contributed by atoms with E-state index in [1.807, 2.05) is 0 Å². The Balaban J connectivity index is 1.75. The molecule has 104 valence electrons. The first kappa shape index (κ1) is 13.8. The molecule has 1 saturated carbocycles. The molecule has 5 nitrogen and oxygen atoms in total. The predicted molar refractivity (Wildman–Crippen MR) is 68.2 cm³/mol. The molecule has 1 heterocycles. The number of hydrogen-bond donors (Lipinski definition) is 3. The smallest absolute Gasteiger partial charge is 0.216 e. The first-order chi connectivity index (χ1) is 8.66. The maximum Gasteiger partial charge on any atom is 0.216 e. The van der Waals surface area contributed by atoms with E-state index in [0.29, 0.717) is 19.2 Å². The predicted octanol–water partition coefficient (Wildman–Crippen LogP) is 0.173. The van der Waals surface area contributed by atoms with Gasteiger partial charge in [0.2, 0.25) is 5.91 Å². The van der Waals surface area contributed by atoms with E-state index in [4.69, 9.17) is 4.74 Å². The number of hydrogen-bond acceptors (Lipinski definition) is 4. The summed E-state index contributed by atoms with van der Waals surface area (Å²) in [5.41, 5.74) is 0. The third kappa shape index (κ3) is 3.67. The summed E-state index contributed by atoms with van der Waals surface area (Å²) in [6.45, 7) is 2.39. The van der Waals surface area contributed by atoms with Crippen molar-refractivity contribution in [2.24, 2.45) is 0 Å². The van der Waals surface area contributed by atoms with Crippen LogP contribution in [0, 0.1) is 0 Å². The fourth-order valence-corrected chi connectivity index (χ4v) is 2.83. The Morgan fingerprint density at radius 2 is 2.06 bits per heavy atom. The van der Waals surface area contributed by atoms with E-state index in [1.54, 1.807) is 0 Å². The molecule has 1 amide bonds. The molecule has 3 N–H and O–H groups in total. The Kier molecular flexibility index (Phi) is 4.97. The van der Waals surface area contributed by atoms with Crippen molar-refractivity contribution in [3.8, 4) is 0 Å². The van der Waals surface area contributed by atoms with Gasteiger partial charge in [0, 0.05) is 19.5 Å². The van der Waals surface area contributed by atoms with Crippen molar-refractivity contribution in [2.75, 3.05) is 13.2 Å². The molecule has 1 aliphatic carbocycles. The Morgan fingerprint density at radius 3 is 2.72 bits per heavy atom. The van der Waals surface area contributed by atoms with Crippen LogP contribution in [0.5, 0.6) is 0 Å². The summed E-state index contributed by atoms with van der Waals surface area (Å²) >= 11 is 0. The highest BCUT2D eigenvalue weighted by Crippen LogP contribution is 2.21. The fourth-order valence-electron chi connectivity index (χ4n) is 2.83. The maximum atomic E-state index is 10.8. The van der Waals surface area contributed by atoms with Crippen LogP contribution in [0.1, 0.15) is 39.0 Å². The maximum absolute atomic E-state index is 10.8. The van der Waals surface area contributed by atoms with E-state index in [1.165, 1.54) is 39.0 Å². The lowest BCUT2D eigenvalue weighted by Gasteiger charge is -2.27. The van der Waals surface area contributed by atoms with Crippen molar-refractivity contribution >= 4 is 5.91 Å². The van der Waals surface area contributed by atoms with Crippen molar-refractivity contribution in [2.45, 2.75) is 63.3 Å². The van der Waals surface area contributed by atoms with Gasteiger partial charge in [0.1, 0.15) is 6.10 Å². The first-order valence-corrected chi connectivity index (χ1v) is 6.97. The van der Waals surface area contributed by atoms with E-state index in [0.717, 1.165) is 0 Å². The Hall–Kier alpha value is -0.650. The molecule has 0 unspecified atom stereocenters. The van der Waals surface area contributed by atoms with Gasteiger partial charge in [-0.1, -0.05) is 19.3 Å². The summed E-state index contributed by atoms with van der Waals surface area (Å²) in [5, 5.41) is 16.3. The summed E-state index contributed by atoms with van der Waals surface area (Å²) in [4.78, 5) is 10.8. The number of rotatable bonds is 4. The van der Waals surface area contributed by atoms with E-state index >= 15 is 0 Å². The molecule has 5 heteroatoms. The molecule has 0 spiro atoms. The van der Waals surface area contributed by atoms with Crippen LogP contribution in [0.25, 0.3) is 0 Å². The number of carbonyl (C=O) groups is 1. The monoisotopic (exact) mass is 256 g/mol. The van der Waals surface area contributed by atoms with E-state index < -0.39 is 6.10 Å². The summed E-state index contributed by atoms with van der Waals surface area (Å²) in [6, 6.07) is 0.522. The Morgan fingerprint density at radius 1 is 1.33 bits per heavy atom. The Bertz CT molecular complexity index is 279. The molecule has 0 radical (unpaired) electrons. The van der Waals surface area contributed by atoms with Gasteiger partial charge in [-0.3, -0.25) is 4.79 Å². The highest BCUT2D eigenvalue weighted by atomic mass is 16.5. The van der Waals surface area contributed by atoms with Crippen molar-refractivity contribution in [3.05, 3.63) is 0 Å². The van der Waals surface area contributed by atoms with E-state index in [2.05, 4.69) is 10.6 Å². The molecule has 2 fully saturated rings. The highest BCUT2D eigenvalue weighted by molar-refractivity contribution is 5.72. The van der Waals surface area contributed by atoms with Gasteiger partial charge in [-0.05, 0) is 12.8 Å². The van der Waals surface area contributed by atoms with Gasteiger partial charge in [-0.15, -0.1) is 0 Å². The van der Waals surface area contributed by atoms with Crippen molar-refractivity contribution < 1.29 is 14.6 Å². The Labute approximate surface area is 108 Å². The lowest BCUT2D eigenvalue weighted by atomic mass is 9.94. The molecule has 1 saturated heterocycles. The van der Waals surface area contributed by atoms with Crippen LogP contribution in [0.4, 0.5) is 0 Å². The zero-order valence-electron chi connectivity index (χ0n) is 11.0. The van der Waals surface area contributed by atoms with Crippen molar-refractivity contribution in [3.63, 3.8) is 0 Å². The third-order valence-electron chi connectivity index (χ3n) is 3.89. The largest absolute Gasteiger partial charge is 0.389 e. The van der Waals surface area contributed by atoms with Crippen molar-refractivity contribution in [1.82, 2.24) is 10.6 Å². The molecule has 2 aliphatic rings. The fraction of sp³-hybridized carbons (Fsp3) is 0.923. The van der Waals surface area contributed by atoms with Crippen molar-refractivity contribution in [1.29, 1.82) is 0 Å². The van der Waals surface area contributed by atoms with Gasteiger partial charge in [-0.2, -0.15) is 0 Å². The quantitative estimate of drug-likeness (QED) is 0.671. The zero-order chi connectivity index (χ0) is 13.0. The van der Waals surface area contributed by atoms with Crippen LogP contribution >= 0.6 is 0 Å². The first-order valence-electron chi connectivity index (χ1n) is 6.97. The standard InChI is InChI=1S/C13H24N2O3/c1-9(16)14-7-12-13(17)11(8-18-12)15-10-5-3-2-4-6-10/h10-13,15,17H,2-8H2,1H3,(H,14,16)/t11-,12-,13+/m1/s1. The minimum atomic E-state index is -0.529. The second-order valence-electron chi connectivity index (χ2n) is 5.41. The van der Waals surface area contributed by atoms with Crippen LogP contribution in [-0.2, 0) is 9.53 Å². The molecule has 0 bridgehead atoms. The van der Waals surface area contributed by atoms with Gasteiger partial charge in [0.05, 0.1) is 18.8 Å². The van der Waals surface area contributed by atoms with E-state index in [9.17, 15) is 9.90 Å². The minimum Gasteiger partial charge on any atom is -0.389 e. The average Bonchev–Trinajstić information content (AvgIpc) is 2.70. The topological polar surface area (TPSA) is 70.6 Å². The third-order valence-corrected chi connectivity index (χ3v) is 3.89. The highest BCUT2D eigenvalue weighted by Gasteiger charge is 2.36. The summed E-state index contributed by atoms with van der Waals surface area (Å²) in [6.07, 6.45) is 5.45. The summed E-state index contributed by atoms with van der Waals surface area (Å²) in [5.74, 6) is -0.0884. The SMILES string of the molecule is CC(=O)NC[C@H]1OC[C@@H](NC2CCCCC2)[C@@H]1O. The summed E-state index contributed by atoms with van der Waals surface area (Å²) < 4.78 is 5.54. The molecule has 0 aromatic heterocycles. The van der Waals surface area contributed by atoms with Gasteiger partial charge in [0.15, 0.2) is 0 Å².